The van der Waals surface area contributed by atoms with Gasteiger partial charge in [0.1, 0.15) is 5.75 Å². The van der Waals surface area contributed by atoms with Gasteiger partial charge in [-0.3, -0.25) is 13.8 Å². The van der Waals surface area contributed by atoms with Crippen molar-refractivity contribution in [2.24, 2.45) is 0 Å². The molecular formula is C21H17ClN2O3S2. The maximum absolute atomic E-state index is 12.6. The Bertz CT molecular complexity index is 1080. The van der Waals surface area contributed by atoms with Crippen LogP contribution in [0.1, 0.15) is 20.8 Å². The maximum Gasteiger partial charge on any atom is 0.251 e. The smallest absolute Gasteiger partial charge is 0.251 e. The molecule has 1 N–H and O–H groups in total. The Morgan fingerprint density at radius 3 is 2.69 bits per heavy atom. The van der Waals surface area contributed by atoms with Gasteiger partial charge in [-0.05, 0) is 47.3 Å². The van der Waals surface area contributed by atoms with E-state index in [4.69, 9.17) is 11.6 Å². The van der Waals surface area contributed by atoms with Crippen molar-refractivity contribution < 1.29 is 13.8 Å². The molecule has 2 heterocycles. The van der Waals surface area contributed by atoms with E-state index in [-0.39, 0.29) is 17.6 Å². The number of halogens is 1. The van der Waals surface area contributed by atoms with Gasteiger partial charge in [-0.1, -0.05) is 29.8 Å². The van der Waals surface area contributed by atoms with Gasteiger partial charge in [0, 0.05) is 15.5 Å². The van der Waals surface area contributed by atoms with Crippen LogP contribution >= 0.6 is 22.9 Å². The Hall–Kier alpha value is -2.48. The summed E-state index contributed by atoms with van der Waals surface area (Å²) in [7, 11) is -1.42. The molecule has 1 aliphatic rings. The first-order valence-corrected chi connectivity index (χ1v) is 11.5. The molecule has 1 aliphatic heterocycles. The summed E-state index contributed by atoms with van der Waals surface area (Å²) in [5, 5.41) is 5.45. The number of nitrogens with one attached hydrogen (secondary N) is 1. The monoisotopic (exact) mass is 444 g/mol. The highest BCUT2D eigenvalue weighted by Gasteiger charge is 2.30. The van der Waals surface area contributed by atoms with Gasteiger partial charge in [-0.2, -0.15) is 0 Å². The number of benzene rings is 2. The number of thiophene rings is 1. The number of hydrogen-bond donors (Lipinski definition) is 1. The quantitative estimate of drug-likeness (QED) is 0.647. The lowest BCUT2D eigenvalue weighted by atomic mass is 10.1. The first kappa shape index (κ1) is 19.8. The molecule has 1 aromatic heterocycles. The third-order valence-electron chi connectivity index (χ3n) is 4.57. The van der Waals surface area contributed by atoms with Crippen molar-refractivity contribution in [3.63, 3.8) is 0 Å². The highest BCUT2D eigenvalue weighted by Crippen LogP contribution is 2.31. The highest BCUT2D eigenvalue weighted by atomic mass is 35.5. The van der Waals surface area contributed by atoms with E-state index in [0.717, 1.165) is 10.4 Å². The molecule has 8 heteroatoms. The van der Waals surface area contributed by atoms with Gasteiger partial charge < -0.3 is 10.2 Å². The molecular weight excluding hydrogens is 428 g/mol. The predicted molar refractivity (Wildman–Crippen MR) is 116 cm³/mol. The Morgan fingerprint density at radius 1 is 1.17 bits per heavy atom. The van der Waals surface area contributed by atoms with E-state index in [1.165, 1.54) is 0 Å². The van der Waals surface area contributed by atoms with E-state index >= 15 is 0 Å². The van der Waals surface area contributed by atoms with Gasteiger partial charge in [0.05, 0.1) is 34.5 Å². The summed E-state index contributed by atoms with van der Waals surface area (Å²) >= 11 is 7.51. The SMILES string of the molecule is O=C(NCc1cccs1)c1ccc2c(c1)N(Cc1ccc(Cl)cc1)C(=O)CS2=O. The summed E-state index contributed by atoms with van der Waals surface area (Å²) < 4.78 is 12.4. The van der Waals surface area contributed by atoms with Crippen molar-refractivity contribution in [3.05, 3.63) is 81.0 Å². The van der Waals surface area contributed by atoms with Crippen molar-refractivity contribution in [1.82, 2.24) is 5.32 Å². The van der Waals surface area contributed by atoms with Crippen molar-refractivity contribution in [3.8, 4) is 0 Å². The van der Waals surface area contributed by atoms with Crippen molar-refractivity contribution in [2.75, 3.05) is 10.7 Å². The van der Waals surface area contributed by atoms with Gasteiger partial charge in [-0.25, -0.2) is 0 Å². The Kier molecular flexibility index (Phi) is 5.80. The summed E-state index contributed by atoms with van der Waals surface area (Å²) in [5.74, 6) is -0.539. The minimum Gasteiger partial charge on any atom is -0.347 e. The van der Waals surface area contributed by atoms with Crippen LogP contribution < -0.4 is 10.2 Å². The molecule has 0 bridgehead atoms. The topological polar surface area (TPSA) is 66.5 Å². The summed E-state index contributed by atoms with van der Waals surface area (Å²) in [6.07, 6.45) is 0. The molecule has 0 saturated heterocycles. The molecule has 1 atom stereocenters. The van der Waals surface area contributed by atoms with E-state index in [9.17, 15) is 13.8 Å². The number of rotatable bonds is 5. The first-order chi connectivity index (χ1) is 14.0. The predicted octanol–water partition coefficient (Wildman–Crippen LogP) is 3.99. The summed E-state index contributed by atoms with van der Waals surface area (Å²) in [4.78, 5) is 28.4. The number of carbonyl (C=O) groups excluding carboxylic acids is 2. The number of amides is 2. The average Bonchev–Trinajstić information content (AvgIpc) is 3.24. The van der Waals surface area contributed by atoms with Crippen LogP contribution in [0.25, 0.3) is 0 Å². The molecule has 2 aromatic carbocycles. The van der Waals surface area contributed by atoms with Crippen LogP contribution in [0.5, 0.6) is 0 Å². The van der Waals surface area contributed by atoms with Crippen LogP contribution in [0.15, 0.2) is 64.9 Å². The van der Waals surface area contributed by atoms with Crippen molar-refractivity contribution in [1.29, 1.82) is 0 Å². The van der Waals surface area contributed by atoms with Gasteiger partial charge in [0.15, 0.2) is 0 Å². The van der Waals surface area contributed by atoms with E-state index in [1.807, 2.05) is 29.6 Å². The number of anilines is 1. The Morgan fingerprint density at radius 2 is 1.97 bits per heavy atom. The standard InChI is InChI=1S/C21H17ClN2O3S2/c22-16-6-3-14(4-7-16)12-24-18-10-15(5-8-19(18)29(27)13-20(24)25)21(26)23-11-17-2-1-9-28-17/h1-10H,11-13H2,(H,23,26). The molecule has 0 aliphatic carbocycles. The normalized spacial score (nSPS) is 15.8. The van der Waals surface area contributed by atoms with E-state index in [0.29, 0.717) is 34.3 Å². The van der Waals surface area contributed by atoms with Crippen molar-refractivity contribution in [2.45, 2.75) is 18.0 Å². The molecule has 3 aromatic rings. The average molecular weight is 445 g/mol. The summed E-state index contributed by atoms with van der Waals surface area (Å²) in [6.45, 7) is 0.757. The summed E-state index contributed by atoms with van der Waals surface area (Å²) in [5.41, 5.74) is 1.83. The largest absolute Gasteiger partial charge is 0.347 e. The van der Waals surface area contributed by atoms with Gasteiger partial charge in [0.25, 0.3) is 5.91 Å². The molecule has 1 unspecified atom stereocenters. The number of carbonyl (C=O) groups is 2. The number of hydrogen-bond acceptors (Lipinski definition) is 4. The summed E-state index contributed by atoms with van der Waals surface area (Å²) in [6, 6.07) is 16.1. The third-order valence-corrected chi connectivity index (χ3v) is 7.04. The maximum atomic E-state index is 12.6. The fourth-order valence-electron chi connectivity index (χ4n) is 3.09. The van der Waals surface area contributed by atoms with Crippen LogP contribution in [0.4, 0.5) is 5.69 Å². The van der Waals surface area contributed by atoms with Gasteiger partial charge in [-0.15, -0.1) is 11.3 Å². The van der Waals surface area contributed by atoms with Crippen LogP contribution in [0.3, 0.4) is 0 Å². The zero-order valence-electron chi connectivity index (χ0n) is 15.3. The third kappa shape index (κ3) is 4.42. The molecule has 5 nitrogen and oxygen atoms in total. The Labute approximate surface area is 179 Å². The molecule has 148 valence electrons. The molecule has 0 saturated carbocycles. The second-order valence-corrected chi connectivity index (χ2v) is 9.43. The Balaban J connectivity index is 1.61. The second kappa shape index (κ2) is 8.49. The van der Waals surface area contributed by atoms with Crippen LogP contribution in [-0.4, -0.2) is 21.8 Å². The fraction of sp³-hybridized carbons (Fsp3) is 0.143. The number of fused-ring (bicyclic) bond motifs is 1. The lowest BCUT2D eigenvalue weighted by molar-refractivity contribution is -0.116. The number of nitrogens with zero attached hydrogens (tertiary/aromatic N) is 1. The van der Waals surface area contributed by atoms with Crippen LogP contribution in [0.2, 0.25) is 5.02 Å². The van der Waals surface area contributed by atoms with E-state index in [1.54, 1.807) is 46.6 Å². The van der Waals surface area contributed by atoms with Crippen molar-refractivity contribution >= 4 is 51.2 Å². The zero-order valence-corrected chi connectivity index (χ0v) is 17.7. The molecule has 29 heavy (non-hydrogen) atoms. The van der Waals surface area contributed by atoms with E-state index in [2.05, 4.69) is 5.32 Å². The fourth-order valence-corrected chi connectivity index (χ4v) is 5.02. The highest BCUT2D eigenvalue weighted by molar-refractivity contribution is 7.86. The molecule has 0 fully saturated rings. The van der Waals surface area contributed by atoms with Gasteiger partial charge in [0.2, 0.25) is 5.91 Å². The van der Waals surface area contributed by atoms with E-state index < -0.39 is 10.8 Å². The lowest BCUT2D eigenvalue weighted by Crippen LogP contribution is -2.38. The second-order valence-electron chi connectivity index (χ2n) is 6.54. The minimum atomic E-state index is -1.42. The molecule has 2 amide bonds. The lowest BCUT2D eigenvalue weighted by Gasteiger charge is -2.29. The van der Waals surface area contributed by atoms with Gasteiger partial charge >= 0.3 is 0 Å². The molecule has 0 spiro atoms. The van der Waals surface area contributed by atoms with Crippen LogP contribution in [-0.2, 0) is 28.7 Å². The molecule has 0 radical (unpaired) electrons. The first-order valence-electron chi connectivity index (χ1n) is 8.89. The molecule has 4 rings (SSSR count). The zero-order chi connectivity index (χ0) is 20.4. The van der Waals surface area contributed by atoms with Crippen LogP contribution in [0, 0.1) is 0 Å². The minimum absolute atomic E-state index is 0.0650.